The Balaban J connectivity index is 2.22. The molecule has 0 fully saturated rings. The minimum Gasteiger partial charge on any atom is -0.377 e. The van der Waals surface area contributed by atoms with Crippen molar-refractivity contribution in [2.24, 2.45) is 4.99 Å². The maximum absolute atomic E-state index is 5.37. The van der Waals surface area contributed by atoms with Gasteiger partial charge in [0.1, 0.15) is 0 Å². The van der Waals surface area contributed by atoms with Crippen LogP contribution in [0.15, 0.2) is 10.4 Å². The molecule has 2 N–H and O–H groups in total. The number of hydrogen-bond donors (Lipinski definition) is 2. The summed E-state index contributed by atoms with van der Waals surface area (Å²) in [5.41, 5.74) is 0.910. The predicted molar refractivity (Wildman–Crippen MR) is 85.6 cm³/mol. The van der Waals surface area contributed by atoms with Crippen molar-refractivity contribution in [2.45, 2.75) is 39.2 Å². The van der Waals surface area contributed by atoms with Gasteiger partial charge < -0.3 is 15.4 Å². The number of aromatic nitrogens is 1. The molecule has 1 heterocycles. The van der Waals surface area contributed by atoms with E-state index in [1.54, 1.807) is 25.5 Å². The molecule has 114 valence electrons. The highest BCUT2D eigenvalue weighted by Crippen LogP contribution is 2.10. The van der Waals surface area contributed by atoms with Crippen molar-refractivity contribution in [3.8, 4) is 0 Å². The Morgan fingerprint density at radius 2 is 2.20 bits per heavy atom. The molecule has 0 saturated heterocycles. The average molecular weight is 298 g/mol. The Labute approximate surface area is 125 Å². The van der Waals surface area contributed by atoms with E-state index in [-0.39, 0.29) is 5.60 Å². The molecular weight excluding hydrogens is 272 g/mol. The molecule has 0 bridgehead atoms. The lowest BCUT2D eigenvalue weighted by Crippen LogP contribution is -2.45. The van der Waals surface area contributed by atoms with Gasteiger partial charge >= 0.3 is 0 Å². The molecule has 0 aliphatic rings. The van der Waals surface area contributed by atoms with Crippen molar-refractivity contribution in [1.82, 2.24) is 15.6 Å². The zero-order valence-corrected chi connectivity index (χ0v) is 13.9. The van der Waals surface area contributed by atoms with E-state index in [9.17, 15) is 0 Å². The standard InChI is InChI=1S/C14H26N4OS/c1-11-9-20-12(18-11)7-6-8-16-13(15-4)17-10-14(2,3)19-5/h9H,6-8,10H2,1-5H3,(H2,15,16,17). The normalized spacial score (nSPS) is 12.6. The summed E-state index contributed by atoms with van der Waals surface area (Å²) >= 11 is 1.73. The fourth-order valence-corrected chi connectivity index (χ4v) is 2.37. The van der Waals surface area contributed by atoms with Gasteiger partial charge in [-0.15, -0.1) is 11.3 Å². The average Bonchev–Trinajstić information content (AvgIpc) is 2.83. The molecule has 20 heavy (non-hydrogen) atoms. The summed E-state index contributed by atoms with van der Waals surface area (Å²) in [6.07, 6.45) is 2.05. The number of nitrogens with one attached hydrogen (secondary N) is 2. The molecule has 5 nitrogen and oxygen atoms in total. The SMILES string of the molecule is CN=C(NCCCc1nc(C)cs1)NCC(C)(C)OC. The van der Waals surface area contributed by atoms with Crippen molar-refractivity contribution in [1.29, 1.82) is 0 Å². The Morgan fingerprint density at radius 3 is 2.75 bits per heavy atom. The van der Waals surface area contributed by atoms with Crippen LogP contribution in [-0.2, 0) is 11.2 Å². The summed E-state index contributed by atoms with van der Waals surface area (Å²) in [4.78, 5) is 8.66. The van der Waals surface area contributed by atoms with Gasteiger partial charge in [-0.3, -0.25) is 4.99 Å². The van der Waals surface area contributed by atoms with Crippen LogP contribution >= 0.6 is 11.3 Å². The maximum atomic E-state index is 5.37. The summed E-state index contributed by atoms with van der Waals surface area (Å²) in [6.45, 7) is 7.71. The Hall–Kier alpha value is -1.14. The van der Waals surface area contributed by atoms with E-state index in [1.807, 2.05) is 20.8 Å². The van der Waals surface area contributed by atoms with Gasteiger partial charge in [-0.05, 0) is 27.2 Å². The fraction of sp³-hybridized carbons (Fsp3) is 0.714. The first-order chi connectivity index (χ1) is 9.46. The lowest BCUT2D eigenvalue weighted by molar-refractivity contribution is 0.0268. The first-order valence-corrected chi connectivity index (χ1v) is 7.75. The van der Waals surface area contributed by atoms with Gasteiger partial charge in [0.25, 0.3) is 0 Å². The monoisotopic (exact) mass is 298 g/mol. The minimum absolute atomic E-state index is 0.198. The topological polar surface area (TPSA) is 58.5 Å². The van der Waals surface area contributed by atoms with E-state index in [0.717, 1.165) is 37.6 Å². The highest BCUT2D eigenvalue weighted by Gasteiger charge is 2.16. The van der Waals surface area contributed by atoms with Crippen LogP contribution in [0.4, 0.5) is 0 Å². The van der Waals surface area contributed by atoms with Crippen LogP contribution in [-0.4, -0.2) is 43.8 Å². The largest absolute Gasteiger partial charge is 0.377 e. The Morgan fingerprint density at radius 1 is 1.45 bits per heavy atom. The van der Waals surface area contributed by atoms with Gasteiger partial charge in [-0.25, -0.2) is 4.98 Å². The molecular formula is C14H26N4OS. The second-order valence-corrected chi connectivity index (χ2v) is 6.25. The molecule has 1 aromatic rings. The molecule has 1 aromatic heterocycles. The van der Waals surface area contributed by atoms with Gasteiger partial charge in [-0.2, -0.15) is 0 Å². The fourth-order valence-electron chi connectivity index (χ4n) is 1.55. The lowest BCUT2D eigenvalue weighted by Gasteiger charge is -2.24. The van der Waals surface area contributed by atoms with Crippen LogP contribution in [0, 0.1) is 6.92 Å². The predicted octanol–water partition coefficient (Wildman–Crippen LogP) is 1.97. The molecule has 0 aliphatic heterocycles. The van der Waals surface area contributed by atoms with E-state index in [4.69, 9.17) is 4.74 Å². The summed E-state index contributed by atoms with van der Waals surface area (Å²) in [7, 11) is 3.49. The third-order valence-corrected chi connectivity index (χ3v) is 4.01. The van der Waals surface area contributed by atoms with Crippen molar-refractivity contribution in [2.75, 3.05) is 27.2 Å². The van der Waals surface area contributed by atoms with Gasteiger partial charge in [0.05, 0.1) is 10.6 Å². The van der Waals surface area contributed by atoms with E-state index in [0.29, 0.717) is 0 Å². The molecule has 0 saturated carbocycles. The zero-order chi connectivity index (χ0) is 15.0. The maximum Gasteiger partial charge on any atom is 0.191 e. The number of nitrogens with zero attached hydrogens (tertiary/aromatic N) is 2. The molecule has 0 atom stereocenters. The Bertz CT molecular complexity index is 429. The van der Waals surface area contributed by atoms with E-state index in [2.05, 4.69) is 26.0 Å². The van der Waals surface area contributed by atoms with Gasteiger partial charge in [-0.1, -0.05) is 0 Å². The molecule has 1 rings (SSSR count). The lowest BCUT2D eigenvalue weighted by atomic mass is 10.1. The molecule has 0 aromatic carbocycles. The van der Waals surface area contributed by atoms with Crippen molar-refractivity contribution < 1.29 is 4.74 Å². The molecule has 0 spiro atoms. The van der Waals surface area contributed by atoms with Crippen LogP contribution in [0.3, 0.4) is 0 Å². The Kier molecular flexibility index (Phi) is 6.95. The number of rotatable bonds is 7. The number of hydrogen-bond acceptors (Lipinski definition) is 4. The van der Waals surface area contributed by atoms with E-state index in [1.165, 1.54) is 5.01 Å². The summed E-state index contributed by atoms with van der Waals surface area (Å²) in [5, 5.41) is 9.86. The number of ether oxygens (including phenoxy) is 1. The smallest absolute Gasteiger partial charge is 0.191 e. The molecule has 6 heteroatoms. The van der Waals surface area contributed by atoms with Crippen molar-refractivity contribution in [3.63, 3.8) is 0 Å². The summed E-state index contributed by atoms with van der Waals surface area (Å²) < 4.78 is 5.37. The number of aryl methyl sites for hydroxylation is 2. The molecule has 0 radical (unpaired) electrons. The van der Waals surface area contributed by atoms with Crippen LogP contribution < -0.4 is 10.6 Å². The van der Waals surface area contributed by atoms with Crippen LogP contribution in [0.1, 0.15) is 31.0 Å². The van der Waals surface area contributed by atoms with Gasteiger partial charge in [0.2, 0.25) is 0 Å². The third-order valence-electron chi connectivity index (χ3n) is 2.98. The zero-order valence-electron chi connectivity index (χ0n) is 13.1. The summed E-state index contributed by atoms with van der Waals surface area (Å²) in [6, 6.07) is 0. The van der Waals surface area contributed by atoms with E-state index >= 15 is 0 Å². The van der Waals surface area contributed by atoms with Gasteiger partial charge in [0.15, 0.2) is 5.96 Å². The van der Waals surface area contributed by atoms with Crippen LogP contribution in [0.5, 0.6) is 0 Å². The van der Waals surface area contributed by atoms with Crippen LogP contribution in [0.25, 0.3) is 0 Å². The number of aliphatic imine (C=N–C) groups is 1. The first-order valence-electron chi connectivity index (χ1n) is 6.87. The van der Waals surface area contributed by atoms with Gasteiger partial charge in [0, 0.05) is 44.7 Å². The number of guanidine groups is 1. The van der Waals surface area contributed by atoms with Crippen molar-refractivity contribution in [3.05, 3.63) is 16.1 Å². The second kappa shape index (κ2) is 8.21. The second-order valence-electron chi connectivity index (χ2n) is 5.30. The minimum atomic E-state index is -0.198. The number of methoxy groups -OCH3 is 1. The summed E-state index contributed by atoms with van der Waals surface area (Å²) in [5.74, 6) is 0.811. The quantitative estimate of drug-likeness (QED) is 0.459. The highest BCUT2D eigenvalue weighted by atomic mass is 32.1. The van der Waals surface area contributed by atoms with Crippen LogP contribution in [0.2, 0.25) is 0 Å². The van der Waals surface area contributed by atoms with E-state index < -0.39 is 0 Å². The first kappa shape index (κ1) is 16.9. The number of thiazole rings is 1. The van der Waals surface area contributed by atoms with Crippen molar-refractivity contribution >= 4 is 17.3 Å². The molecule has 0 unspecified atom stereocenters. The molecule has 0 aliphatic carbocycles. The highest BCUT2D eigenvalue weighted by molar-refractivity contribution is 7.09. The molecule has 0 amide bonds. The third kappa shape index (κ3) is 6.34.